The van der Waals surface area contributed by atoms with Crippen LogP contribution in [0.15, 0.2) is 21.6 Å². The quantitative estimate of drug-likeness (QED) is 0.769. The van der Waals surface area contributed by atoms with E-state index in [2.05, 4.69) is 17.3 Å². The molecule has 1 aromatic heterocycles. The van der Waals surface area contributed by atoms with Crippen molar-refractivity contribution in [3.8, 4) is 0 Å². The average molecular weight is 353 g/mol. The monoisotopic (exact) mass is 353 g/mol. The fourth-order valence-corrected chi connectivity index (χ4v) is 5.11. The summed E-state index contributed by atoms with van der Waals surface area (Å²) in [5, 5.41) is 3.73. The molecule has 0 radical (unpaired) electrons. The predicted octanol–water partition coefficient (Wildman–Crippen LogP) is 1.48. The van der Waals surface area contributed by atoms with Gasteiger partial charge in [0, 0.05) is 32.1 Å². The molecule has 7 nitrogen and oxygen atoms in total. The zero-order chi connectivity index (χ0) is 17.3. The maximum atomic E-state index is 12.8. The molecular formula is C16H23N3O4S. The molecule has 0 saturated carbocycles. The maximum absolute atomic E-state index is 12.8. The van der Waals surface area contributed by atoms with Crippen molar-refractivity contribution in [3.05, 3.63) is 23.6 Å². The second-order valence-corrected chi connectivity index (χ2v) is 8.24. The zero-order valence-electron chi connectivity index (χ0n) is 14.1. The number of aromatic nitrogens is 1. The minimum absolute atomic E-state index is 0.0423. The first-order chi connectivity index (χ1) is 11.4. The summed E-state index contributed by atoms with van der Waals surface area (Å²) >= 11 is 0. The standard InChI is InChI=1S/C16H23N3O4S/c1-12-15(13(2)23-17-12)24(21,22)19-10-8-18(9-11-19)16(20)14-6-4-3-5-7-14/h3-4,14H,5-11H2,1-2H3. The zero-order valence-corrected chi connectivity index (χ0v) is 14.9. The SMILES string of the molecule is Cc1noc(C)c1S(=O)(=O)N1CCN(C(=O)C2CC=CCC2)CC1. The lowest BCUT2D eigenvalue weighted by Crippen LogP contribution is -2.52. The minimum Gasteiger partial charge on any atom is -0.360 e. The van der Waals surface area contributed by atoms with E-state index in [0.29, 0.717) is 37.6 Å². The van der Waals surface area contributed by atoms with E-state index in [4.69, 9.17) is 4.52 Å². The lowest BCUT2D eigenvalue weighted by molar-refractivity contribution is -0.137. The Hall–Kier alpha value is -1.67. The molecule has 1 atom stereocenters. The van der Waals surface area contributed by atoms with Crippen LogP contribution in [0.1, 0.15) is 30.7 Å². The highest BCUT2D eigenvalue weighted by Gasteiger charge is 2.35. The fourth-order valence-electron chi connectivity index (χ4n) is 3.40. The Kier molecular flexibility index (Phi) is 4.78. The van der Waals surface area contributed by atoms with Crippen LogP contribution < -0.4 is 0 Å². The molecule has 1 amide bonds. The van der Waals surface area contributed by atoms with Crippen molar-refractivity contribution in [2.24, 2.45) is 5.92 Å². The molecule has 132 valence electrons. The summed E-state index contributed by atoms with van der Waals surface area (Å²) in [7, 11) is -3.63. The fraction of sp³-hybridized carbons (Fsp3) is 0.625. The molecule has 1 aromatic rings. The summed E-state index contributed by atoms with van der Waals surface area (Å²) in [4.78, 5) is 14.5. The van der Waals surface area contributed by atoms with Crippen LogP contribution >= 0.6 is 0 Å². The van der Waals surface area contributed by atoms with Gasteiger partial charge in [0.25, 0.3) is 0 Å². The van der Waals surface area contributed by atoms with Gasteiger partial charge in [-0.25, -0.2) is 8.42 Å². The first-order valence-electron chi connectivity index (χ1n) is 8.28. The Bertz CT molecular complexity index is 726. The van der Waals surface area contributed by atoms with Crippen LogP contribution in [-0.2, 0) is 14.8 Å². The number of allylic oxidation sites excluding steroid dienone is 2. The van der Waals surface area contributed by atoms with Gasteiger partial charge in [-0.2, -0.15) is 4.31 Å². The highest BCUT2D eigenvalue weighted by molar-refractivity contribution is 7.89. The molecule has 1 aliphatic carbocycles. The number of nitrogens with zero attached hydrogens (tertiary/aromatic N) is 3. The summed E-state index contributed by atoms with van der Waals surface area (Å²) < 4.78 is 32.0. The van der Waals surface area contributed by atoms with Gasteiger partial charge in [-0.15, -0.1) is 0 Å². The van der Waals surface area contributed by atoms with Crippen molar-refractivity contribution in [1.82, 2.24) is 14.4 Å². The Morgan fingerprint density at radius 2 is 1.92 bits per heavy atom. The van der Waals surface area contributed by atoms with Crippen LogP contribution in [0, 0.1) is 19.8 Å². The minimum atomic E-state index is -3.63. The Labute approximate surface area is 142 Å². The second kappa shape index (κ2) is 6.68. The lowest BCUT2D eigenvalue weighted by Gasteiger charge is -2.36. The predicted molar refractivity (Wildman–Crippen MR) is 87.8 cm³/mol. The van der Waals surface area contributed by atoms with Gasteiger partial charge in [-0.05, 0) is 33.1 Å². The first-order valence-corrected chi connectivity index (χ1v) is 9.72. The topological polar surface area (TPSA) is 83.7 Å². The third-order valence-electron chi connectivity index (χ3n) is 4.73. The van der Waals surface area contributed by atoms with E-state index in [1.807, 2.05) is 0 Å². The Balaban J connectivity index is 1.66. The highest BCUT2D eigenvalue weighted by Crippen LogP contribution is 2.25. The number of hydrogen-bond acceptors (Lipinski definition) is 5. The maximum Gasteiger partial charge on any atom is 0.248 e. The van der Waals surface area contributed by atoms with E-state index in [9.17, 15) is 13.2 Å². The first kappa shape index (κ1) is 17.2. The Morgan fingerprint density at radius 3 is 2.46 bits per heavy atom. The third kappa shape index (κ3) is 3.12. The summed E-state index contributed by atoms with van der Waals surface area (Å²) in [6.07, 6.45) is 6.78. The lowest BCUT2D eigenvalue weighted by atomic mass is 9.93. The molecular weight excluding hydrogens is 330 g/mol. The van der Waals surface area contributed by atoms with E-state index in [0.717, 1.165) is 19.3 Å². The molecule has 1 unspecified atom stereocenters. The number of aryl methyl sites for hydroxylation is 2. The molecule has 0 N–H and O–H groups in total. The van der Waals surface area contributed by atoms with Crippen molar-refractivity contribution in [2.75, 3.05) is 26.2 Å². The Morgan fingerprint density at radius 1 is 1.21 bits per heavy atom. The molecule has 8 heteroatoms. The molecule has 2 aliphatic rings. The van der Waals surface area contributed by atoms with Crippen molar-refractivity contribution in [1.29, 1.82) is 0 Å². The number of sulfonamides is 1. The second-order valence-electron chi connectivity index (χ2n) is 6.36. The average Bonchev–Trinajstić information content (AvgIpc) is 2.94. The van der Waals surface area contributed by atoms with Gasteiger partial charge in [0.05, 0.1) is 0 Å². The molecule has 1 fully saturated rings. The van der Waals surface area contributed by atoms with Gasteiger partial charge >= 0.3 is 0 Å². The molecule has 0 bridgehead atoms. The van der Waals surface area contributed by atoms with Crippen LogP contribution in [0.2, 0.25) is 0 Å². The van der Waals surface area contributed by atoms with Crippen LogP contribution in [0.4, 0.5) is 0 Å². The molecule has 24 heavy (non-hydrogen) atoms. The number of rotatable bonds is 3. The van der Waals surface area contributed by atoms with Crippen molar-refractivity contribution < 1.29 is 17.7 Å². The number of hydrogen-bond donors (Lipinski definition) is 0. The summed E-state index contributed by atoms with van der Waals surface area (Å²) in [6.45, 7) is 4.70. The summed E-state index contributed by atoms with van der Waals surface area (Å²) in [6, 6.07) is 0. The van der Waals surface area contributed by atoms with Crippen LogP contribution in [0.3, 0.4) is 0 Å². The van der Waals surface area contributed by atoms with E-state index in [1.54, 1.807) is 18.7 Å². The highest BCUT2D eigenvalue weighted by atomic mass is 32.2. The van der Waals surface area contributed by atoms with Gasteiger partial charge in [-0.1, -0.05) is 17.3 Å². The van der Waals surface area contributed by atoms with E-state index >= 15 is 0 Å². The van der Waals surface area contributed by atoms with Crippen LogP contribution in [0.25, 0.3) is 0 Å². The smallest absolute Gasteiger partial charge is 0.248 e. The van der Waals surface area contributed by atoms with Gasteiger partial charge in [0.1, 0.15) is 10.6 Å². The molecule has 0 spiro atoms. The number of carbonyl (C=O) groups excluding carboxylic acids is 1. The summed E-state index contributed by atoms with van der Waals surface area (Å²) in [5.74, 6) is 0.495. The molecule has 2 heterocycles. The van der Waals surface area contributed by atoms with Crippen molar-refractivity contribution >= 4 is 15.9 Å². The van der Waals surface area contributed by atoms with Gasteiger partial charge in [0.2, 0.25) is 15.9 Å². The largest absolute Gasteiger partial charge is 0.360 e. The number of amides is 1. The molecule has 1 aliphatic heterocycles. The number of carbonyl (C=O) groups is 1. The van der Waals surface area contributed by atoms with E-state index in [1.165, 1.54) is 4.31 Å². The van der Waals surface area contributed by atoms with Crippen LogP contribution in [-0.4, -0.2) is 54.9 Å². The van der Waals surface area contributed by atoms with Gasteiger partial charge in [0.15, 0.2) is 5.76 Å². The van der Waals surface area contributed by atoms with Gasteiger partial charge in [-0.3, -0.25) is 4.79 Å². The third-order valence-corrected chi connectivity index (χ3v) is 6.88. The van der Waals surface area contributed by atoms with Crippen molar-refractivity contribution in [3.63, 3.8) is 0 Å². The molecule has 1 saturated heterocycles. The van der Waals surface area contributed by atoms with Crippen molar-refractivity contribution in [2.45, 2.75) is 38.0 Å². The van der Waals surface area contributed by atoms with E-state index in [-0.39, 0.29) is 16.7 Å². The molecule has 0 aromatic carbocycles. The van der Waals surface area contributed by atoms with Crippen LogP contribution in [0.5, 0.6) is 0 Å². The summed E-state index contributed by atoms with van der Waals surface area (Å²) in [5.41, 5.74) is 0.375. The van der Waals surface area contributed by atoms with E-state index < -0.39 is 10.0 Å². The molecule has 3 rings (SSSR count). The van der Waals surface area contributed by atoms with Gasteiger partial charge < -0.3 is 9.42 Å². The number of piperazine rings is 1. The normalized spacial score (nSPS) is 22.8.